The summed E-state index contributed by atoms with van der Waals surface area (Å²) in [6, 6.07) is 19.4. The summed E-state index contributed by atoms with van der Waals surface area (Å²) in [7, 11) is 0. The summed E-state index contributed by atoms with van der Waals surface area (Å²) in [5.74, 6) is 0.0424. The van der Waals surface area contributed by atoms with E-state index < -0.39 is 0 Å². The first kappa shape index (κ1) is 14.2. The molecule has 0 atom stereocenters. The Kier molecular flexibility index (Phi) is 4.39. The van der Waals surface area contributed by atoms with Crippen LogP contribution in [0.25, 0.3) is 0 Å². The standard InChI is InChI=1S/C18H17NO3/c20-18(17-14-21-11-12-22-17)19(16-9-5-2-6-10-16)13-15-7-3-1-4-8-15/h1-10,14H,11-13H2. The Morgan fingerprint density at radius 3 is 2.27 bits per heavy atom. The predicted octanol–water partition coefficient (Wildman–Crippen LogP) is 3.11. The maximum absolute atomic E-state index is 12.8. The van der Waals surface area contributed by atoms with Crippen molar-refractivity contribution in [1.29, 1.82) is 0 Å². The number of hydrogen-bond donors (Lipinski definition) is 0. The maximum atomic E-state index is 12.8. The maximum Gasteiger partial charge on any atom is 0.296 e. The number of para-hydroxylation sites is 1. The molecule has 3 rings (SSSR count). The molecule has 4 nitrogen and oxygen atoms in total. The third kappa shape index (κ3) is 3.28. The Morgan fingerprint density at radius 1 is 0.955 bits per heavy atom. The summed E-state index contributed by atoms with van der Waals surface area (Å²) in [6.45, 7) is 1.34. The molecule has 1 heterocycles. The minimum atomic E-state index is -0.199. The van der Waals surface area contributed by atoms with E-state index >= 15 is 0 Å². The topological polar surface area (TPSA) is 38.8 Å². The average molecular weight is 295 g/mol. The molecule has 0 radical (unpaired) electrons. The molecule has 0 spiro atoms. The average Bonchev–Trinajstić information content (AvgIpc) is 2.61. The van der Waals surface area contributed by atoms with Crippen LogP contribution in [0.15, 0.2) is 72.7 Å². The highest BCUT2D eigenvalue weighted by Gasteiger charge is 2.23. The molecule has 22 heavy (non-hydrogen) atoms. The molecular weight excluding hydrogens is 278 g/mol. The summed E-state index contributed by atoms with van der Waals surface area (Å²) in [5, 5.41) is 0. The molecule has 0 saturated carbocycles. The van der Waals surface area contributed by atoms with Gasteiger partial charge in [0.2, 0.25) is 5.76 Å². The van der Waals surface area contributed by atoms with Crippen molar-refractivity contribution < 1.29 is 14.3 Å². The van der Waals surface area contributed by atoms with Crippen LogP contribution in [0, 0.1) is 0 Å². The molecule has 0 aromatic heterocycles. The molecule has 1 aliphatic rings. The second-order valence-electron chi connectivity index (χ2n) is 4.91. The monoisotopic (exact) mass is 295 g/mol. The van der Waals surface area contributed by atoms with Crippen molar-refractivity contribution in [3.63, 3.8) is 0 Å². The number of carbonyl (C=O) groups is 1. The van der Waals surface area contributed by atoms with Crippen molar-refractivity contribution in [2.24, 2.45) is 0 Å². The summed E-state index contributed by atoms with van der Waals surface area (Å²) in [5.41, 5.74) is 1.88. The van der Waals surface area contributed by atoms with Gasteiger partial charge in [0, 0.05) is 5.69 Å². The highest BCUT2D eigenvalue weighted by molar-refractivity contribution is 6.04. The fraction of sp³-hybridized carbons (Fsp3) is 0.167. The third-order valence-corrected chi connectivity index (χ3v) is 3.36. The van der Waals surface area contributed by atoms with Crippen molar-refractivity contribution in [3.8, 4) is 0 Å². The van der Waals surface area contributed by atoms with Crippen molar-refractivity contribution >= 4 is 11.6 Å². The highest BCUT2D eigenvalue weighted by Crippen LogP contribution is 2.20. The second kappa shape index (κ2) is 6.80. The number of ether oxygens (including phenoxy) is 2. The SMILES string of the molecule is O=C(C1=COCCO1)N(Cc1ccccc1)c1ccccc1. The normalized spacial score (nSPS) is 13.5. The number of anilines is 1. The van der Waals surface area contributed by atoms with Crippen molar-refractivity contribution in [1.82, 2.24) is 0 Å². The van der Waals surface area contributed by atoms with Gasteiger partial charge in [-0.1, -0.05) is 48.5 Å². The minimum absolute atomic E-state index is 0.199. The second-order valence-corrected chi connectivity index (χ2v) is 4.91. The smallest absolute Gasteiger partial charge is 0.296 e. The van der Waals surface area contributed by atoms with Gasteiger partial charge in [0.1, 0.15) is 19.5 Å². The minimum Gasteiger partial charge on any atom is -0.494 e. The quantitative estimate of drug-likeness (QED) is 0.870. The molecule has 0 unspecified atom stereocenters. The summed E-state index contributed by atoms with van der Waals surface area (Å²) in [6.07, 6.45) is 1.40. The molecular formula is C18H17NO3. The Balaban J connectivity index is 1.89. The van der Waals surface area contributed by atoms with Gasteiger partial charge in [-0.2, -0.15) is 0 Å². The van der Waals surface area contributed by atoms with E-state index in [-0.39, 0.29) is 11.7 Å². The van der Waals surface area contributed by atoms with Gasteiger partial charge in [0.15, 0.2) is 0 Å². The number of amides is 1. The van der Waals surface area contributed by atoms with Gasteiger partial charge >= 0.3 is 0 Å². The van der Waals surface area contributed by atoms with E-state index in [1.54, 1.807) is 4.90 Å². The largest absolute Gasteiger partial charge is 0.494 e. The first-order chi connectivity index (χ1) is 10.8. The van der Waals surface area contributed by atoms with Crippen LogP contribution in [-0.2, 0) is 20.8 Å². The van der Waals surface area contributed by atoms with Gasteiger partial charge < -0.3 is 14.4 Å². The van der Waals surface area contributed by atoms with Crippen LogP contribution >= 0.6 is 0 Å². The summed E-state index contributed by atoms with van der Waals surface area (Å²) in [4.78, 5) is 14.4. The summed E-state index contributed by atoms with van der Waals surface area (Å²) >= 11 is 0. The highest BCUT2D eigenvalue weighted by atomic mass is 16.6. The Bertz CT molecular complexity index is 653. The predicted molar refractivity (Wildman–Crippen MR) is 84.1 cm³/mol. The number of hydrogen-bond acceptors (Lipinski definition) is 3. The van der Waals surface area contributed by atoms with Crippen LogP contribution in [0.2, 0.25) is 0 Å². The van der Waals surface area contributed by atoms with Gasteiger partial charge in [-0.25, -0.2) is 0 Å². The number of nitrogens with zero attached hydrogens (tertiary/aromatic N) is 1. The number of benzene rings is 2. The van der Waals surface area contributed by atoms with Gasteiger partial charge in [-0.05, 0) is 17.7 Å². The lowest BCUT2D eigenvalue weighted by molar-refractivity contribution is -0.119. The van der Waals surface area contributed by atoms with Crippen LogP contribution < -0.4 is 4.90 Å². The Morgan fingerprint density at radius 2 is 1.64 bits per heavy atom. The fourth-order valence-corrected chi connectivity index (χ4v) is 2.27. The van der Waals surface area contributed by atoms with E-state index in [1.807, 2.05) is 60.7 Å². The van der Waals surface area contributed by atoms with Gasteiger partial charge in [0.05, 0.1) is 6.54 Å². The molecule has 4 heteroatoms. The lowest BCUT2D eigenvalue weighted by atomic mass is 10.2. The molecule has 1 amide bonds. The van der Waals surface area contributed by atoms with E-state index in [4.69, 9.17) is 9.47 Å². The molecule has 2 aromatic carbocycles. The van der Waals surface area contributed by atoms with Gasteiger partial charge in [-0.15, -0.1) is 0 Å². The zero-order valence-electron chi connectivity index (χ0n) is 12.1. The molecule has 2 aromatic rings. The van der Waals surface area contributed by atoms with E-state index in [0.717, 1.165) is 11.3 Å². The third-order valence-electron chi connectivity index (χ3n) is 3.36. The first-order valence-electron chi connectivity index (χ1n) is 7.20. The number of rotatable bonds is 4. The van der Waals surface area contributed by atoms with Crippen LogP contribution in [-0.4, -0.2) is 19.1 Å². The van der Waals surface area contributed by atoms with Crippen molar-refractivity contribution in [3.05, 3.63) is 78.2 Å². The van der Waals surface area contributed by atoms with Crippen LogP contribution in [0.3, 0.4) is 0 Å². The van der Waals surface area contributed by atoms with E-state index in [2.05, 4.69) is 0 Å². The molecule has 1 aliphatic heterocycles. The lowest BCUT2D eigenvalue weighted by Crippen LogP contribution is -2.33. The summed E-state index contributed by atoms with van der Waals surface area (Å²) < 4.78 is 10.6. The van der Waals surface area contributed by atoms with Crippen LogP contribution in [0.1, 0.15) is 5.56 Å². The lowest BCUT2D eigenvalue weighted by Gasteiger charge is -2.25. The van der Waals surface area contributed by atoms with Gasteiger partial charge in [0.25, 0.3) is 5.91 Å². The molecule has 0 N–H and O–H groups in total. The van der Waals surface area contributed by atoms with E-state index in [0.29, 0.717) is 19.8 Å². The molecule has 112 valence electrons. The van der Waals surface area contributed by atoms with Crippen LogP contribution in [0.4, 0.5) is 5.69 Å². The zero-order chi connectivity index (χ0) is 15.2. The van der Waals surface area contributed by atoms with Crippen LogP contribution in [0.5, 0.6) is 0 Å². The van der Waals surface area contributed by atoms with Gasteiger partial charge in [-0.3, -0.25) is 4.79 Å². The fourth-order valence-electron chi connectivity index (χ4n) is 2.27. The van der Waals surface area contributed by atoms with Crippen molar-refractivity contribution in [2.75, 3.05) is 18.1 Å². The Hall–Kier alpha value is -2.75. The van der Waals surface area contributed by atoms with E-state index in [9.17, 15) is 4.79 Å². The van der Waals surface area contributed by atoms with Crippen molar-refractivity contribution in [2.45, 2.75) is 6.54 Å². The van der Waals surface area contributed by atoms with E-state index in [1.165, 1.54) is 6.26 Å². The molecule has 0 aliphatic carbocycles. The zero-order valence-corrected chi connectivity index (χ0v) is 12.1. The number of carbonyl (C=O) groups excluding carboxylic acids is 1. The molecule has 0 fully saturated rings. The molecule has 0 bridgehead atoms. The Labute approximate surface area is 129 Å². The first-order valence-corrected chi connectivity index (χ1v) is 7.20. The molecule has 0 saturated heterocycles.